The molecule has 8 heteroatoms. The summed E-state index contributed by atoms with van der Waals surface area (Å²) >= 11 is 1.44. The van der Waals surface area contributed by atoms with Gasteiger partial charge in [-0.25, -0.2) is 14.8 Å². The maximum Gasteiger partial charge on any atom is 0.348 e. The Morgan fingerprint density at radius 2 is 1.96 bits per heavy atom. The van der Waals surface area contributed by atoms with Crippen LogP contribution < -0.4 is 9.80 Å². The number of aromatic nitrogens is 2. The van der Waals surface area contributed by atoms with E-state index in [1.165, 1.54) is 35.5 Å². The summed E-state index contributed by atoms with van der Waals surface area (Å²) in [7, 11) is 0. The molecule has 7 nitrogen and oxygen atoms in total. The predicted molar refractivity (Wildman–Crippen MR) is 109 cm³/mol. The van der Waals surface area contributed by atoms with E-state index in [9.17, 15) is 4.79 Å². The molecule has 0 radical (unpaired) electrons. The third kappa shape index (κ3) is 3.99. The van der Waals surface area contributed by atoms with Gasteiger partial charge in [-0.15, -0.1) is 11.3 Å². The van der Waals surface area contributed by atoms with Crippen molar-refractivity contribution in [2.75, 3.05) is 50.9 Å². The van der Waals surface area contributed by atoms with Crippen LogP contribution in [0, 0.1) is 6.92 Å². The second-order valence-corrected chi connectivity index (χ2v) is 8.51. The zero-order valence-corrected chi connectivity index (χ0v) is 17.6. The molecular formula is C20H29N4O3S+. The fourth-order valence-electron chi connectivity index (χ4n) is 4.03. The lowest BCUT2D eigenvalue weighted by Gasteiger charge is -2.29. The van der Waals surface area contributed by atoms with Crippen LogP contribution in [0.2, 0.25) is 0 Å². The van der Waals surface area contributed by atoms with Crippen molar-refractivity contribution in [1.29, 1.82) is 0 Å². The number of hydrogen-bond acceptors (Lipinski definition) is 7. The Hall–Kier alpha value is -1.77. The van der Waals surface area contributed by atoms with Gasteiger partial charge in [-0.05, 0) is 38.7 Å². The molecular weight excluding hydrogens is 376 g/mol. The maximum absolute atomic E-state index is 12.4. The largest absolute Gasteiger partial charge is 0.462 e. The molecule has 0 saturated carbocycles. The summed E-state index contributed by atoms with van der Waals surface area (Å²) in [5.41, 5.74) is 0.948. The summed E-state index contributed by atoms with van der Waals surface area (Å²) < 4.78 is 10.7. The SMILES string of the molecule is CCOC(=O)c1sc2nc(C[NH+]3CCOCC3)nc(N3CCCCC3)c2c1C. The number of thiophene rings is 1. The third-order valence-electron chi connectivity index (χ3n) is 5.54. The van der Waals surface area contributed by atoms with Gasteiger partial charge in [0.15, 0.2) is 5.82 Å². The van der Waals surface area contributed by atoms with Gasteiger partial charge in [0, 0.05) is 13.1 Å². The molecule has 1 N–H and O–H groups in total. The van der Waals surface area contributed by atoms with Crippen molar-refractivity contribution in [3.63, 3.8) is 0 Å². The van der Waals surface area contributed by atoms with E-state index in [4.69, 9.17) is 19.4 Å². The normalized spacial score (nSPS) is 18.6. The summed E-state index contributed by atoms with van der Waals surface area (Å²) in [5.74, 6) is 1.60. The first kappa shape index (κ1) is 19.5. The van der Waals surface area contributed by atoms with Crippen molar-refractivity contribution in [3.05, 3.63) is 16.3 Å². The highest BCUT2D eigenvalue weighted by atomic mass is 32.1. The quantitative estimate of drug-likeness (QED) is 0.762. The minimum Gasteiger partial charge on any atom is -0.462 e. The summed E-state index contributed by atoms with van der Waals surface area (Å²) in [6.07, 6.45) is 3.64. The fraction of sp³-hybridized carbons (Fsp3) is 0.650. The molecule has 2 fully saturated rings. The number of piperidine rings is 1. The average molecular weight is 406 g/mol. The smallest absolute Gasteiger partial charge is 0.348 e. The monoisotopic (exact) mass is 405 g/mol. The molecule has 0 aliphatic carbocycles. The summed E-state index contributed by atoms with van der Waals surface area (Å²) in [5, 5.41) is 1.02. The average Bonchev–Trinajstić information content (AvgIpc) is 3.06. The van der Waals surface area contributed by atoms with E-state index < -0.39 is 0 Å². The molecule has 0 amide bonds. The van der Waals surface area contributed by atoms with E-state index in [0.29, 0.717) is 11.5 Å². The number of anilines is 1. The van der Waals surface area contributed by atoms with Crippen LogP contribution in [0.3, 0.4) is 0 Å². The van der Waals surface area contributed by atoms with E-state index in [-0.39, 0.29) is 5.97 Å². The Morgan fingerprint density at radius 3 is 2.68 bits per heavy atom. The Labute approximate surface area is 169 Å². The van der Waals surface area contributed by atoms with Crippen LogP contribution in [0.25, 0.3) is 10.2 Å². The topological polar surface area (TPSA) is 69.0 Å². The molecule has 152 valence electrons. The molecule has 2 aliphatic rings. The van der Waals surface area contributed by atoms with Gasteiger partial charge in [0.05, 0.1) is 25.2 Å². The molecule has 0 unspecified atom stereocenters. The van der Waals surface area contributed by atoms with Crippen LogP contribution >= 0.6 is 11.3 Å². The number of carbonyl (C=O) groups excluding carboxylic acids is 1. The standard InChI is InChI=1S/C20H28N4O3S/c1-3-27-20(25)17-14(2)16-18(24-7-5-4-6-8-24)21-15(22-19(16)28-17)13-23-9-11-26-12-10-23/h3-13H2,1-2H3/p+1. The molecule has 2 aromatic rings. The van der Waals surface area contributed by atoms with E-state index in [1.54, 1.807) is 0 Å². The lowest BCUT2D eigenvalue weighted by atomic mass is 10.1. The number of carbonyl (C=O) groups is 1. The number of nitrogens with zero attached hydrogens (tertiary/aromatic N) is 3. The van der Waals surface area contributed by atoms with E-state index in [1.807, 2.05) is 13.8 Å². The Bertz CT molecular complexity index is 842. The molecule has 4 rings (SSSR count). The minimum absolute atomic E-state index is 0.257. The number of rotatable bonds is 5. The van der Waals surface area contributed by atoms with E-state index in [2.05, 4.69) is 4.90 Å². The van der Waals surface area contributed by atoms with Gasteiger partial charge < -0.3 is 19.3 Å². The van der Waals surface area contributed by atoms with E-state index >= 15 is 0 Å². The fourth-order valence-corrected chi connectivity index (χ4v) is 5.11. The molecule has 28 heavy (non-hydrogen) atoms. The third-order valence-corrected chi connectivity index (χ3v) is 6.71. The number of nitrogens with one attached hydrogen (secondary N) is 1. The van der Waals surface area contributed by atoms with Crippen molar-refractivity contribution in [2.45, 2.75) is 39.7 Å². The van der Waals surface area contributed by atoms with Crippen molar-refractivity contribution < 1.29 is 19.2 Å². The Kier molecular flexibility index (Phi) is 6.08. The van der Waals surface area contributed by atoms with E-state index in [0.717, 1.165) is 73.4 Å². The first-order chi connectivity index (χ1) is 13.7. The Balaban J connectivity index is 1.75. The van der Waals surface area contributed by atoms with Gasteiger partial charge in [-0.3, -0.25) is 0 Å². The number of ether oxygens (including phenoxy) is 2. The second kappa shape index (κ2) is 8.71. The molecule has 2 saturated heterocycles. The lowest BCUT2D eigenvalue weighted by Crippen LogP contribution is -3.12. The zero-order valence-electron chi connectivity index (χ0n) is 16.8. The summed E-state index contributed by atoms with van der Waals surface area (Å²) in [6, 6.07) is 0. The van der Waals surface area contributed by atoms with Gasteiger partial charge in [0.25, 0.3) is 0 Å². The van der Waals surface area contributed by atoms with Gasteiger partial charge in [-0.1, -0.05) is 0 Å². The van der Waals surface area contributed by atoms with Crippen molar-refractivity contribution in [1.82, 2.24) is 9.97 Å². The van der Waals surface area contributed by atoms with Gasteiger partial charge in [0.1, 0.15) is 35.2 Å². The zero-order chi connectivity index (χ0) is 19.5. The van der Waals surface area contributed by atoms with Crippen molar-refractivity contribution in [2.24, 2.45) is 0 Å². The number of aryl methyl sites for hydroxylation is 1. The maximum atomic E-state index is 12.4. The van der Waals surface area contributed by atoms with Gasteiger partial charge in [0.2, 0.25) is 0 Å². The molecule has 4 heterocycles. The van der Waals surface area contributed by atoms with Crippen LogP contribution in [-0.4, -0.2) is 61.9 Å². The molecule has 2 aliphatic heterocycles. The van der Waals surface area contributed by atoms with Crippen molar-refractivity contribution in [3.8, 4) is 0 Å². The highest BCUT2D eigenvalue weighted by Crippen LogP contribution is 2.36. The lowest BCUT2D eigenvalue weighted by molar-refractivity contribution is -0.922. The van der Waals surface area contributed by atoms with Gasteiger partial charge in [-0.2, -0.15) is 0 Å². The highest BCUT2D eigenvalue weighted by Gasteiger charge is 2.26. The number of hydrogen-bond donors (Lipinski definition) is 1. The molecule has 0 atom stereocenters. The molecule has 0 aromatic carbocycles. The van der Waals surface area contributed by atoms with Gasteiger partial charge >= 0.3 is 5.97 Å². The van der Waals surface area contributed by atoms with Crippen LogP contribution in [0.4, 0.5) is 5.82 Å². The van der Waals surface area contributed by atoms with Crippen LogP contribution in [0.5, 0.6) is 0 Å². The summed E-state index contributed by atoms with van der Waals surface area (Å²) in [6.45, 7) is 10.6. The molecule has 0 spiro atoms. The van der Waals surface area contributed by atoms with Crippen molar-refractivity contribution >= 4 is 33.3 Å². The van der Waals surface area contributed by atoms with Crippen LogP contribution in [0.1, 0.15) is 47.2 Å². The number of fused-ring (bicyclic) bond motifs is 1. The molecule has 2 aromatic heterocycles. The second-order valence-electron chi connectivity index (χ2n) is 7.51. The number of esters is 1. The summed E-state index contributed by atoms with van der Waals surface area (Å²) in [4.78, 5) is 27.7. The minimum atomic E-state index is -0.257. The number of quaternary nitrogens is 1. The number of morpholine rings is 1. The van der Waals surface area contributed by atoms with Crippen LogP contribution in [-0.2, 0) is 16.0 Å². The predicted octanol–water partition coefficient (Wildman–Crippen LogP) is 1.58. The Morgan fingerprint density at radius 1 is 1.21 bits per heavy atom. The molecule has 0 bridgehead atoms. The van der Waals surface area contributed by atoms with Crippen LogP contribution in [0.15, 0.2) is 0 Å². The first-order valence-corrected chi connectivity index (χ1v) is 11.1. The first-order valence-electron chi connectivity index (χ1n) is 10.3. The highest BCUT2D eigenvalue weighted by molar-refractivity contribution is 7.20.